The van der Waals surface area contributed by atoms with Crippen LogP contribution < -0.4 is 10.6 Å². The molecule has 9 heteroatoms. The third-order valence-electron chi connectivity index (χ3n) is 5.87. The van der Waals surface area contributed by atoms with Crippen LogP contribution in [0.1, 0.15) is 78.5 Å². The number of hydrogen-bond acceptors (Lipinski definition) is 8. The average molecular weight is 591 g/mol. The summed E-state index contributed by atoms with van der Waals surface area (Å²) in [5.41, 5.74) is 6.10. The number of aromatic nitrogens is 1. The van der Waals surface area contributed by atoms with Crippen molar-refractivity contribution in [2.75, 3.05) is 20.8 Å². The molecule has 8 nitrogen and oxygen atoms in total. The molecular formula is C32H54N4O4S. The lowest BCUT2D eigenvalue weighted by Gasteiger charge is -2.13. The highest BCUT2D eigenvalue weighted by molar-refractivity contribution is 7.13. The fraction of sp³-hybridized carbons (Fsp3) is 0.562. The fourth-order valence-corrected chi connectivity index (χ4v) is 3.87. The molecule has 0 spiro atoms. The maximum Gasteiger partial charge on any atom is 0.223 e. The Morgan fingerprint density at radius 3 is 2.17 bits per heavy atom. The Hall–Kier alpha value is -2.88. The van der Waals surface area contributed by atoms with E-state index in [9.17, 15) is 9.59 Å². The molecule has 1 heterocycles. The molecule has 0 bridgehead atoms. The molecular weight excluding hydrogens is 536 g/mol. The number of ketones is 1. The van der Waals surface area contributed by atoms with Gasteiger partial charge in [-0.2, -0.15) is 0 Å². The van der Waals surface area contributed by atoms with Crippen LogP contribution in [0.4, 0.5) is 0 Å². The van der Waals surface area contributed by atoms with Crippen molar-refractivity contribution in [2.24, 2.45) is 10.9 Å². The summed E-state index contributed by atoms with van der Waals surface area (Å²) < 4.78 is 4.87. The molecule has 0 saturated carbocycles. The number of rotatable bonds is 14. The minimum Gasteiger partial charge on any atom is -0.400 e. The molecule has 1 amide bonds. The summed E-state index contributed by atoms with van der Waals surface area (Å²) in [5, 5.41) is 13.0. The van der Waals surface area contributed by atoms with E-state index in [-0.39, 0.29) is 23.7 Å². The second kappa shape index (κ2) is 24.9. The summed E-state index contributed by atoms with van der Waals surface area (Å²) >= 11 is 1.66. The number of thiazole rings is 1. The molecule has 2 atom stereocenters. The summed E-state index contributed by atoms with van der Waals surface area (Å²) in [6.07, 6.45) is 3.95. The van der Waals surface area contributed by atoms with Crippen LogP contribution >= 0.6 is 11.3 Å². The van der Waals surface area contributed by atoms with E-state index < -0.39 is 0 Å². The first-order valence-corrected chi connectivity index (χ1v) is 15.0. The molecule has 0 aliphatic rings. The molecule has 1 unspecified atom stereocenters. The molecule has 0 radical (unpaired) electrons. The van der Waals surface area contributed by atoms with Crippen LogP contribution in [0.25, 0.3) is 10.4 Å². The van der Waals surface area contributed by atoms with E-state index in [0.29, 0.717) is 19.2 Å². The van der Waals surface area contributed by atoms with Crippen molar-refractivity contribution in [1.29, 1.82) is 0 Å². The Balaban J connectivity index is 0. The fourth-order valence-electron chi connectivity index (χ4n) is 3.06. The highest BCUT2D eigenvalue weighted by atomic mass is 32.1. The van der Waals surface area contributed by atoms with Gasteiger partial charge in [-0.25, -0.2) is 4.98 Å². The summed E-state index contributed by atoms with van der Waals surface area (Å²) in [6, 6.07) is 8.60. The number of methoxy groups -OCH3 is 1. The lowest BCUT2D eigenvalue weighted by molar-refractivity contribution is -0.124. The Morgan fingerprint density at radius 1 is 1.15 bits per heavy atom. The van der Waals surface area contributed by atoms with E-state index in [4.69, 9.17) is 9.84 Å². The number of aliphatic imine (C=N–C) groups is 1. The third kappa shape index (κ3) is 19.8. The lowest BCUT2D eigenvalue weighted by atomic mass is 10.0. The van der Waals surface area contributed by atoms with Gasteiger partial charge >= 0.3 is 0 Å². The van der Waals surface area contributed by atoms with Gasteiger partial charge in [-0.1, -0.05) is 57.5 Å². The summed E-state index contributed by atoms with van der Waals surface area (Å²) in [4.78, 5) is 32.0. The highest BCUT2D eigenvalue weighted by Gasteiger charge is 2.12. The Morgan fingerprint density at radius 2 is 1.73 bits per heavy atom. The molecule has 3 N–H and O–H groups in total. The van der Waals surface area contributed by atoms with Gasteiger partial charge < -0.3 is 20.5 Å². The van der Waals surface area contributed by atoms with Gasteiger partial charge in [0.25, 0.3) is 0 Å². The Kier molecular flexibility index (Phi) is 24.4. The molecule has 0 aliphatic heterocycles. The van der Waals surface area contributed by atoms with E-state index in [1.165, 1.54) is 10.4 Å². The second-order valence-corrected chi connectivity index (χ2v) is 10.7. The maximum absolute atomic E-state index is 12.0. The quantitative estimate of drug-likeness (QED) is 0.221. The Bertz CT molecular complexity index is 990. The number of benzene rings is 1. The molecule has 41 heavy (non-hydrogen) atoms. The number of unbranched alkanes of at least 4 members (excludes halogenated alkanes) is 1. The minimum atomic E-state index is -0.144. The number of carbonyl (C=O) groups is 2. The van der Waals surface area contributed by atoms with Crippen LogP contribution in [-0.2, 0) is 20.9 Å². The number of hydrogen-bond donors (Lipinski definition) is 3. The third-order valence-corrected chi connectivity index (χ3v) is 6.85. The van der Waals surface area contributed by atoms with Crippen LogP contribution in [0.5, 0.6) is 0 Å². The van der Waals surface area contributed by atoms with E-state index in [2.05, 4.69) is 65.1 Å². The normalized spacial score (nSPS) is 11.3. The second-order valence-electron chi connectivity index (χ2n) is 9.82. The molecule has 2 aromatic rings. The first-order chi connectivity index (χ1) is 19.5. The van der Waals surface area contributed by atoms with Gasteiger partial charge in [-0.3, -0.25) is 14.6 Å². The number of aliphatic hydroxyl groups is 1. The van der Waals surface area contributed by atoms with Gasteiger partial charge in [0.1, 0.15) is 0 Å². The van der Waals surface area contributed by atoms with Crippen molar-refractivity contribution < 1.29 is 19.4 Å². The number of ether oxygens (including phenoxy) is 1. The highest BCUT2D eigenvalue weighted by Crippen LogP contribution is 2.27. The summed E-state index contributed by atoms with van der Waals surface area (Å²) in [7, 11) is 2.64. The van der Waals surface area contributed by atoms with E-state index in [1.54, 1.807) is 25.4 Å². The standard InChI is InChI=1S/C18H24N2OS.C9H17NO2.C4H9N.CH4O/c1-4-5-6-13(2)18(21)19-11-15-7-9-16(10-8-15)17-14(3)20-12-22-17;1-7(5-6-12-4)10-8(2)9(3)11;1-4(2)5-3;1-2/h7-10,12-13H,4-6,11H2,1-3H3,(H,19,21);8,10H,1,5-6H2,2-4H3;4H,3H2,1-2H3;2H,1H3/t;8-;;/m.0../s1. The van der Waals surface area contributed by atoms with Crippen LogP contribution in [0.15, 0.2) is 47.0 Å². The Labute approximate surface area is 252 Å². The SMILES string of the molecule is C=C(CCOC)N[C@@H](C)C(C)=O.C=NC(C)C.CCCCC(C)C(=O)NCc1ccc(-c2scnc2C)cc1.CO. The first kappa shape index (κ1) is 40.3. The van der Waals surface area contributed by atoms with Crippen molar-refractivity contribution in [3.8, 4) is 10.4 Å². The largest absolute Gasteiger partial charge is 0.400 e. The zero-order valence-corrected chi connectivity index (χ0v) is 27.6. The summed E-state index contributed by atoms with van der Waals surface area (Å²) in [6.45, 7) is 21.8. The van der Waals surface area contributed by atoms with Crippen molar-refractivity contribution in [1.82, 2.24) is 15.6 Å². The topological polar surface area (TPSA) is 113 Å². The van der Waals surface area contributed by atoms with Crippen LogP contribution in [0, 0.1) is 12.8 Å². The van der Waals surface area contributed by atoms with Crippen molar-refractivity contribution >= 4 is 29.7 Å². The summed E-state index contributed by atoms with van der Waals surface area (Å²) in [5.74, 6) is 0.364. The van der Waals surface area contributed by atoms with Gasteiger partial charge in [0.05, 0.1) is 28.7 Å². The van der Waals surface area contributed by atoms with E-state index >= 15 is 0 Å². The van der Waals surface area contributed by atoms with Crippen molar-refractivity contribution in [3.05, 3.63) is 53.3 Å². The molecule has 1 aromatic heterocycles. The number of carbonyl (C=O) groups excluding carboxylic acids is 2. The van der Waals surface area contributed by atoms with Gasteiger partial charge in [0, 0.05) is 44.8 Å². The number of Topliss-reactive ketones (excluding diaryl/α,β-unsaturated/α-hetero) is 1. The zero-order valence-electron chi connectivity index (χ0n) is 26.8. The van der Waals surface area contributed by atoms with E-state index in [0.717, 1.165) is 49.7 Å². The zero-order chi connectivity index (χ0) is 31.8. The van der Waals surface area contributed by atoms with Crippen molar-refractivity contribution in [2.45, 2.75) is 92.8 Å². The number of nitrogens with zero attached hydrogens (tertiary/aromatic N) is 2. The average Bonchev–Trinajstić information content (AvgIpc) is 3.40. The van der Waals surface area contributed by atoms with Crippen LogP contribution in [-0.4, -0.2) is 61.4 Å². The molecule has 0 saturated heterocycles. The monoisotopic (exact) mass is 590 g/mol. The number of amides is 1. The molecule has 1 aromatic carbocycles. The molecule has 232 valence electrons. The van der Waals surface area contributed by atoms with Gasteiger partial charge in [-0.05, 0) is 58.9 Å². The van der Waals surface area contributed by atoms with Crippen LogP contribution in [0.3, 0.4) is 0 Å². The van der Waals surface area contributed by atoms with Gasteiger partial charge in [0.2, 0.25) is 5.91 Å². The number of aryl methyl sites for hydroxylation is 1. The van der Waals surface area contributed by atoms with Crippen molar-refractivity contribution in [3.63, 3.8) is 0 Å². The molecule has 0 fully saturated rings. The van der Waals surface area contributed by atoms with Crippen LogP contribution in [0.2, 0.25) is 0 Å². The van der Waals surface area contributed by atoms with Gasteiger partial charge in [-0.15, -0.1) is 11.3 Å². The first-order valence-electron chi connectivity index (χ1n) is 14.1. The molecule has 2 rings (SSSR count). The molecule has 0 aliphatic carbocycles. The number of nitrogens with one attached hydrogen (secondary N) is 2. The number of aliphatic hydroxyl groups excluding tert-OH is 1. The lowest BCUT2D eigenvalue weighted by Crippen LogP contribution is -2.31. The van der Waals surface area contributed by atoms with Gasteiger partial charge in [0.15, 0.2) is 5.78 Å². The maximum atomic E-state index is 12.0. The predicted octanol–water partition coefficient (Wildman–Crippen LogP) is 6.37. The predicted molar refractivity (Wildman–Crippen MR) is 175 cm³/mol. The van der Waals surface area contributed by atoms with E-state index in [1.807, 2.05) is 40.1 Å². The smallest absolute Gasteiger partial charge is 0.223 e. The minimum absolute atomic E-state index is 0.0964.